The van der Waals surface area contributed by atoms with Crippen molar-refractivity contribution < 1.29 is 0 Å². The van der Waals surface area contributed by atoms with E-state index in [-0.39, 0.29) is 5.54 Å². The fourth-order valence-corrected chi connectivity index (χ4v) is 6.45. The van der Waals surface area contributed by atoms with Crippen LogP contribution in [0, 0.1) is 0 Å². The molecule has 0 spiro atoms. The zero-order chi connectivity index (χ0) is 25.0. The fourth-order valence-electron chi connectivity index (χ4n) is 6.45. The summed E-state index contributed by atoms with van der Waals surface area (Å²) in [4.78, 5) is 13.4. The van der Waals surface area contributed by atoms with Crippen LogP contribution in [0.1, 0.15) is 80.2 Å². The van der Waals surface area contributed by atoms with E-state index >= 15 is 0 Å². The second kappa shape index (κ2) is 8.96. The van der Waals surface area contributed by atoms with Crippen LogP contribution in [0.5, 0.6) is 0 Å². The first-order valence-corrected chi connectivity index (χ1v) is 13.9. The molecule has 0 bridgehead atoms. The molecule has 4 N–H and O–H groups in total. The van der Waals surface area contributed by atoms with Crippen LogP contribution in [-0.2, 0) is 12.0 Å². The minimum Gasteiger partial charge on any atom is -0.342 e. The summed E-state index contributed by atoms with van der Waals surface area (Å²) in [6.07, 6.45) is 11.2. The third-order valence-electron chi connectivity index (χ3n) is 8.53. The van der Waals surface area contributed by atoms with Gasteiger partial charge in [-0.3, -0.25) is 4.99 Å². The Morgan fingerprint density at radius 2 is 1.68 bits per heavy atom. The van der Waals surface area contributed by atoms with E-state index in [0.717, 1.165) is 49.7 Å². The van der Waals surface area contributed by atoms with Crippen molar-refractivity contribution in [2.24, 2.45) is 4.99 Å². The standard InChI is InChI=1S/C31H36N6/c1-31(2)24-12-11-22(17-27(24)35-30(37-31)26-6-4-14-33-26)20-7-8-21-16-23(10-9-19(21)15-20)28-18-34-29(36-28)25-5-3-13-32-25/h7-8,11-12,15-18,25-26,32-33H,3-6,9-10,13-14H2,1-2H3,(H,34,36)(H,35,37)/t25-,26-/m0/s1. The first kappa shape index (κ1) is 22.9. The number of rotatable bonds is 4. The number of fused-ring (bicyclic) bond motifs is 2. The number of imidazole rings is 1. The number of aromatic amines is 1. The molecule has 1 aliphatic carbocycles. The van der Waals surface area contributed by atoms with E-state index in [4.69, 9.17) is 4.99 Å². The topological polar surface area (TPSA) is 77.1 Å². The molecule has 0 saturated carbocycles. The smallest absolute Gasteiger partial charge is 0.123 e. The Hall–Kier alpha value is -3.22. The molecular weight excluding hydrogens is 456 g/mol. The minimum absolute atomic E-state index is 0.226. The zero-order valence-electron chi connectivity index (χ0n) is 21.8. The average molecular weight is 493 g/mol. The summed E-state index contributed by atoms with van der Waals surface area (Å²) in [7, 11) is 0. The largest absolute Gasteiger partial charge is 0.342 e. The van der Waals surface area contributed by atoms with E-state index in [1.165, 1.54) is 58.3 Å². The van der Waals surface area contributed by atoms with Crippen molar-refractivity contribution in [3.63, 3.8) is 0 Å². The molecule has 7 rings (SSSR count). The lowest BCUT2D eigenvalue weighted by molar-refractivity contribution is 0.547. The summed E-state index contributed by atoms with van der Waals surface area (Å²) in [5.74, 6) is 2.16. The summed E-state index contributed by atoms with van der Waals surface area (Å²) < 4.78 is 0. The second-order valence-electron chi connectivity index (χ2n) is 11.5. The van der Waals surface area contributed by atoms with Crippen LogP contribution in [0.2, 0.25) is 0 Å². The van der Waals surface area contributed by atoms with E-state index in [9.17, 15) is 0 Å². The first-order chi connectivity index (χ1) is 18.0. The van der Waals surface area contributed by atoms with Crippen LogP contribution in [0.3, 0.4) is 0 Å². The molecule has 6 nitrogen and oxygen atoms in total. The van der Waals surface area contributed by atoms with Gasteiger partial charge in [0.15, 0.2) is 0 Å². The van der Waals surface area contributed by atoms with E-state index in [1.54, 1.807) is 0 Å². The van der Waals surface area contributed by atoms with Crippen LogP contribution in [-0.4, -0.2) is 34.9 Å². The second-order valence-corrected chi connectivity index (χ2v) is 11.5. The van der Waals surface area contributed by atoms with Crippen molar-refractivity contribution in [1.29, 1.82) is 0 Å². The highest BCUT2D eigenvalue weighted by Gasteiger charge is 2.32. The first-order valence-electron chi connectivity index (χ1n) is 13.9. The van der Waals surface area contributed by atoms with Crippen molar-refractivity contribution in [2.75, 3.05) is 18.4 Å². The summed E-state index contributed by atoms with van der Waals surface area (Å²) in [5, 5.41) is 10.8. The number of hydrogen-bond acceptors (Lipinski definition) is 5. The highest BCUT2D eigenvalue weighted by atomic mass is 15.1. The van der Waals surface area contributed by atoms with Gasteiger partial charge >= 0.3 is 0 Å². The highest BCUT2D eigenvalue weighted by molar-refractivity contribution is 6.02. The van der Waals surface area contributed by atoms with Crippen molar-refractivity contribution in [2.45, 2.75) is 70.0 Å². The molecule has 0 radical (unpaired) electrons. The van der Waals surface area contributed by atoms with E-state index < -0.39 is 0 Å². The van der Waals surface area contributed by atoms with Gasteiger partial charge in [0.05, 0.1) is 29.5 Å². The predicted molar refractivity (Wildman–Crippen MR) is 152 cm³/mol. The molecule has 6 heteroatoms. The van der Waals surface area contributed by atoms with Gasteiger partial charge in [-0.1, -0.05) is 30.3 Å². The molecule has 2 fully saturated rings. The number of amidine groups is 1. The summed E-state index contributed by atoms with van der Waals surface area (Å²) in [6.45, 7) is 6.60. The molecule has 190 valence electrons. The Bertz CT molecular complexity index is 1400. The monoisotopic (exact) mass is 492 g/mol. The maximum absolute atomic E-state index is 5.08. The van der Waals surface area contributed by atoms with Gasteiger partial charge < -0.3 is 20.9 Å². The van der Waals surface area contributed by atoms with Gasteiger partial charge in [-0.2, -0.15) is 0 Å². The normalized spacial score (nSPS) is 24.2. The van der Waals surface area contributed by atoms with Gasteiger partial charge in [-0.05, 0) is 105 Å². The molecule has 3 aromatic rings. The Morgan fingerprint density at radius 3 is 2.49 bits per heavy atom. The molecule has 0 amide bonds. The molecular formula is C31H36N6. The van der Waals surface area contributed by atoms with Crippen LogP contribution < -0.4 is 16.0 Å². The van der Waals surface area contributed by atoms with Crippen LogP contribution in [0.25, 0.3) is 22.8 Å². The molecule has 3 aliphatic heterocycles. The quantitative estimate of drug-likeness (QED) is 0.371. The summed E-state index contributed by atoms with van der Waals surface area (Å²) >= 11 is 0. The van der Waals surface area contributed by atoms with Crippen LogP contribution >= 0.6 is 0 Å². The van der Waals surface area contributed by atoms with E-state index in [1.807, 2.05) is 6.20 Å². The van der Waals surface area contributed by atoms with Gasteiger partial charge in [-0.15, -0.1) is 0 Å². The number of nitrogens with zero attached hydrogens (tertiary/aromatic N) is 2. The lowest BCUT2D eigenvalue weighted by atomic mass is 9.86. The van der Waals surface area contributed by atoms with Crippen molar-refractivity contribution in [3.8, 4) is 11.1 Å². The number of benzene rings is 2. The molecule has 4 heterocycles. The fraction of sp³-hybridized carbons (Fsp3) is 0.419. The van der Waals surface area contributed by atoms with E-state index in [2.05, 4.69) is 82.2 Å². The number of anilines is 1. The van der Waals surface area contributed by atoms with Crippen molar-refractivity contribution in [1.82, 2.24) is 20.6 Å². The maximum atomic E-state index is 5.08. The number of aliphatic imine (C=N–C) groups is 1. The van der Waals surface area contributed by atoms with Gasteiger partial charge in [0.2, 0.25) is 0 Å². The number of allylic oxidation sites excluding steroid dienone is 1. The average Bonchev–Trinajstić information content (AvgIpc) is 3.69. The maximum Gasteiger partial charge on any atom is 0.123 e. The number of aromatic nitrogens is 2. The zero-order valence-corrected chi connectivity index (χ0v) is 21.8. The summed E-state index contributed by atoms with van der Waals surface area (Å²) in [6, 6.07) is 14.5. The molecule has 2 aromatic carbocycles. The molecule has 2 atom stereocenters. The minimum atomic E-state index is -0.226. The van der Waals surface area contributed by atoms with Crippen LogP contribution in [0.15, 0.2) is 47.6 Å². The van der Waals surface area contributed by atoms with Gasteiger partial charge in [0.25, 0.3) is 0 Å². The number of hydrogen-bond donors (Lipinski definition) is 4. The van der Waals surface area contributed by atoms with Crippen LogP contribution in [0.4, 0.5) is 5.69 Å². The molecule has 4 aliphatic rings. The van der Waals surface area contributed by atoms with Crippen molar-refractivity contribution in [3.05, 3.63) is 70.8 Å². The third kappa shape index (κ3) is 4.22. The van der Waals surface area contributed by atoms with Gasteiger partial charge in [-0.25, -0.2) is 4.98 Å². The van der Waals surface area contributed by atoms with Gasteiger partial charge in [0.1, 0.15) is 11.7 Å². The SMILES string of the molecule is CC1(C)N=C([C@@H]2CCCN2)Nc2cc(-c3ccc4c(c3)CCC(c3cnc([C@@H]5CCCN5)[nH]3)=C4)ccc21. The Morgan fingerprint density at radius 1 is 0.892 bits per heavy atom. The molecule has 1 aromatic heterocycles. The third-order valence-corrected chi connectivity index (χ3v) is 8.53. The Balaban J connectivity index is 1.15. The Labute approximate surface area is 219 Å². The lowest BCUT2D eigenvalue weighted by Gasteiger charge is -2.33. The number of nitrogens with one attached hydrogen (secondary N) is 4. The highest BCUT2D eigenvalue weighted by Crippen LogP contribution is 2.39. The molecule has 0 unspecified atom stereocenters. The summed E-state index contributed by atoms with van der Waals surface area (Å²) in [5.41, 5.74) is 10.0. The predicted octanol–water partition coefficient (Wildman–Crippen LogP) is 5.80. The van der Waals surface area contributed by atoms with Gasteiger partial charge in [0, 0.05) is 11.3 Å². The lowest BCUT2D eigenvalue weighted by Crippen LogP contribution is -2.40. The Kier molecular flexibility index (Phi) is 5.56. The van der Waals surface area contributed by atoms with E-state index in [0.29, 0.717) is 12.1 Å². The number of aryl methyl sites for hydroxylation is 1. The molecule has 2 saturated heterocycles. The van der Waals surface area contributed by atoms with Crippen molar-refractivity contribution >= 4 is 23.2 Å². The molecule has 37 heavy (non-hydrogen) atoms. The number of H-pyrrole nitrogens is 1.